The van der Waals surface area contributed by atoms with Crippen LogP contribution >= 0.6 is 11.6 Å². The van der Waals surface area contributed by atoms with Gasteiger partial charge in [-0.25, -0.2) is 4.68 Å². The number of anilines is 1. The Kier molecular flexibility index (Phi) is 3.12. The molecular formula is C11H12ClN3O. The second-order valence-electron chi connectivity index (χ2n) is 3.42. The molecule has 0 saturated heterocycles. The molecule has 1 aromatic carbocycles. The maximum absolute atomic E-state index is 8.85. The fourth-order valence-corrected chi connectivity index (χ4v) is 1.70. The smallest absolute Gasteiger partial charge is 0.130 e. The summed E-state index contributed by atoms with van der Waals surface area (Å²) in [4.78, 5) is 0. The Hall–Kier alpha value is -1.52. The van der Waals surface area contributed by atoms with Gasteiger partial charge in [-0.05, 0) is 18.2 Å². The van der Waals surface area contributed by atoms with Crippen LogP contribution in [0.4, 0.5) is 5.82 Å². The molecule has 0 bridgehead atoms. The Morgan fingerprint density at radius 1 is 1.44 bits per heavy atom. The first-order chi connectivity index (χ1) is 7.72. The van der Waals surface area contributed by atoms with Gasteiger partial charge in [0.05, 0.1) is 11.9 Å². The summed E-state index contributed by atoms with van der Waals surface area (Å²) in [6.45, 7) is 0.0610. The highest BCUT2D eigenvalue weighted by atomic mass is 35.5. The third-order valence-corrected chi connectivity index (χ3v) is 2.56. The molecule has 2 rings (SSSR count). The van der Waals surface area contributed by atoms with Crippen molar-refractivity contribution in [2.45, 2.75) is 6.42 Å². The average Bonchev–Trinajstić information content (AvgIpc) is 2.61. The lowest BCUT2D eigenvalue weighted by atomic mass is 10.2. The first-order valence-electron chi connectivity index (χ1n) is 4.91. The molecule has 16 heavy (non-hydrogen) atoms. The Labute approximate surface area is 98.3 Å². The molecule has 2 aromatic rings. The molecule has 4 nitrogen and oxygen atoms in total. The predicted octanol–water partition coefficient (Wildman–Crippen LogP) is 1.64. The van der Waals surface area contributed by atoms with Crippen LogP contribution in [0.15, 0.2) is 30.5 Å². The van der Waals surface area contributed by atoms with E-state index >= 15 is 0 Å². The van der Waals surface area contributed by atoms with Crippen LogP contribution in [0.2, 0.25) is 5.02 Å². The van der Waals surface area contributed by atoms with Gasteiger partial charge in [0.2, 0.25) is 0 Å². The molecule has 84 valence electrons. The van der Waals surface area contributed by atoms with Gasteiger partial charge in [0.25, 0.3) is 0 Å². The second kappa shape index (κ2) is 4.55. The van der Waals surface area contributed by atoms with E-state index in [-0.39, 0.29) is 6.61 Å². The number of nitrogens with zero attached hydrogens (tertiary/aromatic N) is 2. The summed E-state index contributed by atoms with van der Waals surface area (Å²) in [5, 5.41) is 13.7. The van der Waals surface area contributed by atoms with Crippen molar-refractivity contribution in [1.29, 1.82) is 0 Å². The van der Waals surface area contributed by atoms with Crippen LogP contribution in [0.1, 0.15) is 5.56 Å². The zero-order valence-corrected chi connectivity index (χ0v) is 9.35. The monoisotopic (exact) mass is 237 g/mol. The summed E-state index contributed by atoms with van der Waals surface area (Å²) in [5.41, 5.74) is 7.57. The number of hydrogen-bond acceptors (Lipinski definition) is 3. The quantitative estimate of drug-likeness (QED) is 0.853. The van der Waals surface area contributed by atoms with E-state index in [9.17, 15) is 0 Å². The van der Waals surface area contributed by atoms with Crippen molar-refractivity contribution < 1.29 is 5.11 Å². The van der Waals surface area contributed by atoms with Crippen molar-refractivity contribution >= 4 is 17.4 Å². The van der Waals surface area contributed by atoms with E-state index in [1.54, 1.807) is 23.0 Å². The lowest BCUT2D eigenvalue weighted by molar-refractivity contribution is 0.300. The highest BCUT2D eigenvalue weighted by Gasteiger charge is 2.08. The van der Waals surface area contributed by atoms with Gasteiger partial charge < -0.3 is 10.8 Å². The largest absolute Gasteiger partial charge is 0.396 e. The first-order valence-corrected chi connectivity index (χ1v) is 5.29. The molecule has 0 aliphatic carbocycles. The molecule has 0 unspecified atom stereocenters. The Morgan fingerprint density at radius 2 is 2.25 bits per heavy atom. The lowest BCUT2D eigenvalue weighted by Crippen LogP contribution is -2.03. The Bertz CT molecular complexity index is 496. The number of halogens is 1. The number of hydrogen-bond donors (Lipinski definition) is 2. The van der Waals surface area contributed by atoms with Crippen molar-refractivity contribution in [3.05, 3.63) is 41.0 Å². The van der Waals surface area contributed by atoms with Gasteiger partial charge in [0.15, 0.2) is 0 Å². The molecule has 1 heterocycles. The minimum absolute atomic E-state index is 0.0610. The van der Waals surface area contributed by atoms with E-state index in [1.807, 2.05) is 12.1 Å². The zero-order valence-electron chi connectivity index (χ0n) is 8.60. The summed E-state index contributed by atoms with van der Waals surface area (Å²) in [7, 11) is 0. The first kappa shape index (κ1) is 11.0. The van der Waals surface area contributed by atoms with Crippen LogP contribution in [0, 0.1) is 0 Å². The lowest BCUT2D eigenvalue weighted by Gasteiger charge is -2.05. The summed E-state index contributed by atoms with van der Waals surface area (Å²) < 4.78 is 1.61. The number of rotatable bonds is 3. The maximum Gasteiger partial charge on any atom is 0.130 e. The van der Waals surface area contributed by atoms with Crippen LogP contribution in [-0.4, -0.2) is 21.5 Å². The van der Waals surface area contributed by atoms with E-state index in [4.69, 9.17) is 22.4 Å². The number of aromatic nitrogens is 2. The third kappa shape index (κ3) is 2.03. The molecule has 5 heteroatoms. The highest BCUT2D eigenvalue weighted by Crippen LogP contribution is 2.19. The molecule has 0 amide bonds. The topological polar surface area (TPSA) is 64.1 Å². The van der Waals surface area contributed by atoms with E-state index in [0.717, 1.165) is 11.3 Å². The number of aliphatic hydroxyl groups excluding tert-OH is 1. The van der Waals surface area contributed by atoms with Gasteiger partial charge in [0, 0.05) is 23.6 Å². The van der Waals surface area contributed by atoms with Crippen molar-refractivity contribution in [3.8, 4) is 5.69 Å². The molecule has 0 fully saturated rings. The van der Waals surface area contributed by atoms with Crippen LogP contribution < -0.4 is 5.73 Å². The van der Waals surface area contributed by atoms with Crippen LogP contribution in [0.3, 0.4) is 0 Å². The van der Waals surface area contributed by atoms with E-state index in [2.05, 4.69) is 5.10 Å². The number of aliphatic hydroxyl groups is 1. The Balaban J connectivity index is 2.41. The number of nitrogens with two attached hydrogens (primary N) is 1. The molecule has 3 N–H and O–H groups in total. The second-order valence-corrected chi connectivity index (χ2v) is 3.86. The molecule has 1 aromatic heterocycles. The van der Waals surface area contributed by atoms with Crippen LogP contribution in [-0.2, 0) is 6.42 Å². The molecule has 0 aliphatic heterocycles. The van der Waals surface area contributed by atoms with Crippen molar-refractivity contribution in [1.82, 2.24) is 9.78 Å². The number of benzene rings is 1. The molecule has 0 saturated carbocycles. The average molecular weight is 238 g/mol. The standard InChI is InChI=1S/C11H12ClN3O/c12-9-2-1-3-10(6-9)15-11(13)8(4-5-16)7-14-15/h1-3,6-7,16H,4-5,13H2. The third-order valence-electron chi connectivity index (χ3n) is 2.32. The van der Waals surface area contributed by atoms with Gasteiger partial charge in [-0.2, -0.15) is 5.10 Å². The van der Waals surface area contributed by atoms with Crippen molar-refractivity contribution in [2.24, 2.45) is 0 Å². The number of nitrogen functional groups attached to an aromatic ring is 1. The summed E-state index contributed by atoms with van der Waals surface area (Å²) in [5.74, 6) is 0.538. The summed E-state index contributed by atoms with van der Waals surface area (Å²) in [6.07, 6.45) is 2.17. The fraction of sp³-hybridized carbons (Fsp3) is 0.182. The molecular weight excluding hydrogens is 226 g/mol. The summed E-state index contributed by atoms with van der Waals surface area (Å²) in [6, 6.07) is 7.29. The fourth-order valence-electron chi connectivity index (χ4n) is 1.52. The minimum Gasteiger partial charge on any atom is -0.396 e. The van der Waals surface area contributed by atoms with Gasteiger partial charge in [0.1, 0.15) is 5.82 Å². The SMILES string of the molecule is Nc1c(CCO)cnn1-c1cccc(Cl)c1. The summed E-state index contributed by atoms with van der Waals surface area (Å²) >= 11 is 5.89. The molecule has 0 radical (unpaired) electrons. The van der Waals surface area contributed by atoms with Gasteiger partial charge in [-0.1, -0.05) is 17.7 Å². The van der Waals surface area contributed by atoms with Gasteiger partial charge in [-0.3, -0.25) is 0 Å². The van der Waals surface area contributed by atoms with Gasteiger partial charge >= 0.3 is 0 Å². The minimum atomic E-state index is 0.0610. The maximum atomic E-state index is 8.85. The molecule has 0 atom stereocenters. The van der Waals surface area contributed by atoms with E-state index < -0.39 is 0 Å². The highest BCUT2D eigenvalue weighted by molar-refractivity contribution is 6.30. The zero-order chi connectivity index (χ0) is 11.5. The molecule has 0 spiro atoms. The van der Waals surface area contributed by atoms with Crippen LogP contribution in [0.25, 0.3) is 5.69 Å². The van der Waals surface area contributed by atoms with E-state index in [1.165, 1.54) is 0 Å². The van der Waals surface area contributed by atoms with Gasteiger partial charge in [-0.15, -0.1) is 0 Å². The van der Waals surface area contributed by atoms with E-state index in [0.29, 0.717) is 17.3 Å². The Morgan fingerprint density at radius 3 is 2.94 bits per heavy atom. The van der Waals surface area contributed by atoms with Crippen molar-refractivity contribution in [3.63, 3.8) is 0 Å². The van der Waals surface area contributed by atoms with Crippen molar-refractivity contribution in [2.75, 3.05) is 12.3 Å². The normalized spacial score (nSPS) is 10.6. The predicted molar refractivity (Wildman–Crippen MR) is 63.8 cm³/mol. The molecule has 0 aliphatic rings. The van der Waals surface area contributed by atoms with Crippen LogP contribution in [0.5, 0.6) is 0 Å².